The molecule has 6 atom stereocenters. The van der Waals surface area contributed by atoms with Gasteiger partial charge in [0.25, 0.3) is 0 Å². The average molecular weight is 672 g/mol. The van der Waals surface area contributed by atoms with Crippen molar-refractivity contribution in [2.24, 2.45) is 11.8 Å². The van der Waals surface area contributed by atoms with E-state index in [4.69, 9.17) is 33.7 Å². The zero-order valence-corrected chi connectivity index (χ0v) is 27.7. The molecule has 4 rings (SSSR count). The summed E-state index contributed by atoms with van der Waals surface area (Å²) in [4.78, 5) is 38.4. The molecular weight excluding hydrogens is 633 g/mol. The van der Waals surface area contributed by atoms with Gasteiger partial charge in [0.2, 0.25) is 5.60 Å². The highest BCUT2D eigenvalue weighted by atomic mass is 31.2. The molecule has 0 radical (unpaired) electrons. The normalized spacial score (nSPS) is 22.7. The second-order valence-electron chi connectivity index (χ2n) is 11.5. The quantitative estimate of drug-likeness (QED) is 0.151. The monoisotopic (exact) mass is 671 g/mol. The molecule has 0 bridgehead atoms. The van der Waals surface area contributed by atoms with E-state index in [0.29, 0.717) is 16.9 Å². The first-order valence-corrected chi connectivity index (χ1v) is 16.4. The van der Waals surface area contributed by atoms with Crippen LogP contribution in [0.25, 0.3) is 5.52 Å². The summed E-state index contributed by atoms with van der Waals surface area (Å²) in [5.74, 6) is -3.30. The highest BCUT2D eigenvalue weighted by Gasteiger charge is 2.62. The van der Waals surface area contributed by atoms with Gasteiger partial charge in [0, 0.05) is 6.20 Å². The number of nitrogens with one attached hydrogen (secondary N) is 1. The lowest BCUT2D eigenvalue weighted by atomic mass is 9.95. The predicted octanol–water partition coefficient (Wildman–Crippen LogP) is 3.74. The molecule has 0 amide bonds. The molecule has 2 aromatic heterocycles. The first kappa shape index (κ1) is 35.4. The van der Waals surface area contributed by atoms with Gasteiger partial charge >= 0.3 is 25.7 Å². The van der Waals surface area contributed by atoms with E-state index >= 15 is 0 Å². The van der Waals surface area contributed by atoms with Crippen LogP contribution in [-0.2, 0) is 42.4 Å². The Bertz CT molecular complexity index is 1690. The van der Waals surface area contributed by atoms with Crippen molar-refractivity contribution in [3.05, 3.63) is 60.4 Å². The number of benzene rings is 1. The topological polar surface area (TPSA) is 203 Å². The fraction of sp³-hybridized carbons (Fsp3) is 0.452. The number of aromatic nitrogens is 2. The van der Waals surface area contributed by atoms with Gasteiger partial charge in [0.15, 0.2) is 12.2 Å². The number of ether oxygens (including phenoxy) is 4. The van der Waals surface area contributed by atoms with Crippen LogP contribution in [0.3, 0.4) is 0 Å². The van der Waals surface area contributed by atoms with Gasteiger partial charge in [-0.05, 0) is 37.3 Å². The molecule has 1 fully saturated rings. The lowest BCUT2D eigenvalue weighted by Crippen LogP contribution is -2.50. The summed E-state index contributed by atoms with van der Waals surface area (Å²) in [5, 5.41) is 17.6. The van der Waals surface area contributed by atoms with Crippen LogP contribution in [0.5, 0.6) is 5.75 Å². The van der Waals surface area contributed by atoms with Crippen molar-refractivity contribution < 1.29 is 46.9 Å². The van der Waals surface area contributed by atoms with E-state index in [9.17, 15) is 24.2 Å². The van der Waals surface area contributed by atoms with Gasteiger partial charge in [-0.2, -0.15) is 15.4 Å². The third kappa shape index (κ3) is 7.74. The largest absolute Gasteiger partial charge is 0.468 e. The lowest BCUT2D eigenvalue weighted by molar-refractivity contribution is -0.173. The van der Waals surface area contributed by atoms with Crippen molar-refractivity contribution in [1.29, 1.82) is 5.26 Å². The number of fused-ring (bicyclic) bond motifs is 1. The van der Waals surface area contributed by atoms with E-state index in [1.807, 2.05) is 6.07 Å². The van der Waals surface area contributed by atoms with Crippen LogP contribution in [0.1, 0.15) is 46.4 Å². The van der Waals surface area contributed by atoms with Gasteiger partial charge < -0.3 is 29.2 Å². The molecule has 1 aliphatic rings. The lowest BCUT2D eigenvalue weighted by Gasteiger charge is -2.31. The molecule has 1 saturated heterocycles. The van der Waals surface area contributed by atoms with Gasteiger partial charge in [-0.25, -0.2) is 9.08 Å². The third-order valence-corrected chi connectivity index (χ3v) is 8.88. The number of nitrogen functional groups attached to an aromatic ring is 1. The highest BCUT2D eigenvalue weighted by Crippen LogP contribution is 2.50. The number of methoxy groups -OCH3 is 1. The number of nitriles is 1. The maximum absolute atomic E-state index is 14.2. The third-order valence-electron chi connectivity index (χ3n) is 7.25. The first-order chi connectivity index (χ1) is 22.2. The van der Waals surface area contributed by atoms with E-state index in [1.165, 1.54) is 29.8 Å². The minimum atomic E-state index is -4.51. The maximum Gasteiger partial charge on any atom is 0.459 e. The maximum atomic E-state index is 14.2. The molecule has 0 unspecified atom stereocenters. The van der Waals surface area contributed by atoms with Crippen molar-refractivity contribution in [2.75, 3.05) is 19.5 Å². The summed E-state index contributed by atoms with van der Waals surface area (Å²) in [6.45, 7) is 6.94. The van der Waals surface area contributed by atoms with Gasteiger partial charge in [0.1, 0.15) is 30.6 Å². The number of hydrogen-bond acceptors (Lipinski definition) is 13. The molecule has 15 nitrogen and oxygen atoms in total. The summed E-state index contributed by atoms with van der Waals surface area (Å²) < 4.78 is 50.0. The fourth-order valence-electron chi connectivity index (χ4n) is 4.70. The molecule has 3 aromatic rings. The highest BCUT2D eigenvalue weighted by molar-refractivity contribution is 7.52. The van der Waals surface area contributed by atoms with E-state index in [2.05, 4.69) is 10.2 Å². The van der Waals surface area contributed by atoms with E-state index in [1.54, 1.807) is 64.1 Å². The molecule has 0 saturated carbocycles. The molecule has 0 aliphatic carbocycles. The number of hydrogen-bond donors (Lipinski definition) is 2. The van der Waals surface area contributed by atoms with E-state index < -0.39 is 74.1 Å². The standard InChI is InChI=1S/C31H38N5O10P/c1-18(2)28(37)43-26-25(24-13-12-23-22(33)14-15-34-36(23)24)45-31(16-32,27(26)44-29(38)19(3)4)17-42-47(40,35-20(5)30(39)41-6)46-21-10-8-7-9-11-21/h7-15,18-20,25-27H,17,33H2,1-6H3,(H,35,40)/t20-,25-,26-,27-,31+,47-/m0/s1. The number of carbonyl (C=O) groups excluding carboxylic acids is 3. The van der Waals surface area contributed by atoms with Crippen molar-refractivity contribution in [3.63, 3.8) is 0 Å². The van der Waals surface area contributed by atoms with E-state index in [-0.39, 0.29) is 5.75 Å². The molecule has 1 aliphatic heterocycles. The number of carbonyl (C=O) groups is 3. The van der Waals surface area contributed by atoms with Crippen molar-refractivity contribution in [1.82, 2.24) is 14.7 Å². The zero-order chi connectivity index (χ0) is 34.5. The molecule has 3 N–H and O–H groups in total. The Hall–Kier alpha value is -4.48. The Morgan fingerprint density at radius 2 is 1.70 bits per heavy atom. The summed E-state index contributed by atoms with van der Waals surface area (Å²) in [6, 6.07) is 13.7. The van der Waals surface area contributed by atoms with Gasteiger partial charge in [-0.3, -0.25) is 18.9 Å². The van der Waals surface area contributed by atoms with E-state index in [0.717, 1.165) is 7.11 Å². The Balaban J connectivity index is 1.81. The zero-order valence-electron chi connectivity index (χ0n) is 26.8. The summed E-state index contributed by atoms with van der Waals surface area (Å²) >= 11 is 0. The van der Waals surface area contributed by atoms with Crippen LogP contribution in [0.2, 0.25) is 0 Å². The van der Waals surface area contributed by atoms with Gasteiger partial charge in [-0.15, -0.1) is 0 Å². The van der Waals surface area contributed by atoms with Gasteiger partial charge in [0.05, 0.1) is 35.8 Å². The van der Waals surface area contributed by atoms with Crippen molar-refractivity contribution >= 4 is 36.9 Å². The average Bonchev–Trinajstić information content (AvgIpc) is 3.60. The molecule has 0 spiro atoms. The van der Waals surface area contributed by atoms with Crippen LogP contribution < -0.4 is 15.3 Å². The number of nitrogens with two attached hydrogens (primary N) is 1. The molecule has 47 heavy (non-hydrogen) atoms. The minimum Gasteiger partial charge on any atom is -0.468 e. The number of rotatable bonds is 13. The van der Waals surface area contributed by atoms with Crippen LogP contribution in [-0.4, -0.2) is 65.1 Å². The summed E-state index contributed by atoms with van der Waals surface area (Å²) in [6.07, 6.45) is -2.78. The molecule has 252 valence electrons. The van der Waals surface area contributed by atoms with Gasteiger partial charge in [-0.1, -0.05) is 45.9 Å². The number of para-hydroxylation sites is 1. The Morgan fingerprint density at radius 1 is 1.04 bits per heavy atom. The molecular formula is C31H38N5O10P. The second kappa shape index (κ2) is 14.5. The van der Waals surface area contributed by atoms with Crippen LogP contribution in [0.15, 0.2) is 54.7 Å². The SMILES string of the molecule is COC(=O)[C@H](C)N[P@](=O)(OC[C@@]1(C#N)O[C@@H](c2ccc3c(N)ccnn23)[C@H](OC(=O)C(C)C)[C@@H]1OC(=O)C(C)C)Oc1ccccc1. The van der Waals surface area contributed by atoms with Crippen LogP contribution in [0, 0.1) is 23.2 Å². The minimum absolute atomic E-state index is 0.117. The van der Waals surface area contributed by atoms with Crippen LogP contribution >= 0.6 is 7.75 Å². The number of esters is 3. The Morgan fingerprint density at radius 3 is 2.32 bits per heavy atom. The van der Waals surface area contributed by atoms with Crippen molar-refractivity contribution in [3.8, 4) is 11.8 Å². The first-order valence-electron chi connectivity index (χ1n) is 14.8. The Labute approximate surface area is 271 Å². The van der Waals surface area contributed by atoms with Crippen molar-refractivity contribution in [2.45, 2.75) is 64.6 Å². The molecule has 3 heterocycles. The number of nitrogens with zero attached hydrogens (tertiary/aromatic N) is 3. The summed E-state index contributed by atoms with van der Waals surface area (Å²) in [7, 11) is -3.35. The summed E-state index contributed by atoms with van der Waals surface area (Å²) in [5.41, 5.74) is 5.13. The van der Waals surface area contributed by atoms with Crippen LogP contribution in [0.4, 0.5) is 5.69 Å². The Kier molecular flexibility index (Phi) is 10.9. The smallest absolute Gasteiger partial charge is 0.459 e. The fourth-order valence-corrected chi connectivity index (χ4v) is 6.22. The molecule has 1 aromatic carbocycles. The predicted molar refractivity (Wildman–Crippen MR) is 166 cm³/mol. The molecule has 16 heteroatoms. The second-order valence-corrected chi connectivity index (χ2v) is 13.2. The number of anilines is 1.